The van der Waals surface area contributed by atoms with Gasteiger partial charge < -0.3 is 14.8 Å². The fraction of sp³-hybridized carbons (Fsp3) is 0.278. The van der Waals surface area contributed by atoms with Crippen molar-refractivity contribution in [3.63, 3.8) is 0 Å². The van der Waals surface area contributed by atoms with Crippen molar-refractivity contribution in [1.29, 1.82) is 0 Å². The molecule has 2 aromatic carbocycles. The van der Waals surface area contributed by atoms with Crippen LogP contribution in [0.15, 0.2) is 46.9 Å². The summed E-state index contributed by atoms with van der Waals surface area (Å²) in [4.78, 5) is 0. The fourth-order valence-electron chi connectivity index (χ4n) is 3.41. The highest BCUT2D eigenvalue weighted by Crippen LogP contribution is 2.43. The van der Waals surface area contributed by atoms with Crippen LogP contribution < -0.4 is 14.8 Å². The highest BCUT2D eigenvalue weighted by atomic mass is 79.9. The molecule has 0 aliphatic carbocycles. The Morgan fingerprint density at radius 2 is 2.00 bits per heavy atom. The number of methoxy groups -OCH3 is 2. The number of fused-ring (bicyclic) bond motifs is 1. The molecule has 7 nitrogen and oxygen atoms in total. The van der Waals surface area contributed by atoms with Gasteiger partial charge >= 0.3 is 0 Å². The van der Waals surface area contributed by atoms with Gasteiger partial charge in [-0.3, -0.25) is 0 Å². The van der Waals surface area contributed by atoms with Gasteiger partial charge in [0, 0.05) is 10.0 Å². The lowest BCUT2D eigenvalue weighted by Gasteiger charge is -2.32. The van der Waals surface area contributed by atoms with Crippen LogP contribution in [-0.4, -0.2) is 34.4 Å². The first-order valence-corrected chi connectivity index (χ1v) is 9.01. The Morgan fingerprint density at radius 3 is 2.77 bits per heavy atom. The Hall–Kier alpha value is -2.61. The van der Waals surface area contributed by atoms with Crippen molar-refractivity contribution in [2.24, 2.45) is 0 Å². The minimum atomic E-state index is -0.0738. The highest BCUT2D eigenvalue weighted by molar-refractivity contribution is 9.10. The molecule has 1 aromatic heterocycles. The molecular weight excluding hydrogens is 398 g/mol. The van der Waals surface area contributed by atoms with Crippen LogP contribution in [-0.2, 0) is 0 Å². The molecule has 0 bridgehead atoms. The predicted octanol–water partition coefficient (Wildman–Crippen LogP) is 3.60. The molecule has 8 heteroatoms. The zero-order valence-corrected chi connectivity index (χ0v) is 16.0. The largest absolute Gasteiger partial charge is 0.493 e. The lowest BCUT2D eigenvalue weighted by molar-refractivity contribution is 0.339. The van der Waals surface area contributed by atoms with Crippen LogP contribution >= 0.6 is 15.9 Å². The predicted molar refractivity (Wildman–Crippen MR) is 101 cm³/mol. The minimum absolute atomic E-state index is 0.0738. The van der Waals surface area contributed by atoms with Crippen LogP contribution in [0, 0.1) is 0 Å². The van der Waals surface area contributed by atoms with E-state index in [9.17, 15) is 0 Å². The van der Waals surface area contributed by atoms with Crippen LogP contribution in [0.25, 0.3) is 0 Å². The van der Waals surface area contributed by atoms with E-state index in [2.05, 4.69) is 48.9 Å². The number of aromatic nitrogens is 4. The molecule has 1 aliphatic heterocycles. The number of anilines is 1. The van der Waals surface area contributed by atoms with Gasteiger partial charge in [-0.05, 0) is 40.6 Å². The molecule has 3 aromatic rings. The smallest absolute Gasteiger partial charge is 0.243 e. The molecule has 2 unspecified atom stereocenters. The highest BCUT2D eigenvalue weighted by Gasteiger charge is 2.33. The van der Waals surface area contributed by atoms with E-state index in [1.807, 2.05) is 30.3 Å². The Labute approximate surface area is 159 Å². The summed E-state index contributed by atoms with van der Waals surface area (Å²) < 4.78 is 13.9. The summed E-state index contributed by atoms with van der Waals surface area (Å²) in [5.74, 6) is 2.03. The fourth-order valence-corrected chi connectivity index (χ4v) is 3.83. The first kappa shape index (κ1) is 16.8. The zero-order valence-electron chi connectivity index (χ0n) is 14.4. The average Bonchev–Trinajstić information content (AvgIpc) is 3.15. The van der Waals surface area contributed by atoms with Gasteiger partial charge in [0.2, 0.25) is 5.95 Å². The van der Waals surface area contributed by atoms with Crippen LogP contribution in [0.4, 0.5) is 5.95 Å². The molecule has 0 saturated carbocycles. The van der Waals surface area contributed by atoms with E-state index >= 15 is 0 Å². The number of ether oxygens (including phenoxy) is 2. The van der Waals surface area contributed by atoms with Gasteiger partial charge in [-0.2, -0.15) is 0 Å². The van der Waals surface area contributed by atoms with Crippen molar-refractivity contribution in [3.8, 4) is 11.5 Å². The Bertz CT molecular complexity index is 929. The maximum Gasteiger partial charge on any atom is 0.243 e. The summed E-state index contributed by atoms with van der Waals surface area (Å²) in [7, 11) is 3.28. The molecule has 1 N–H and O–H groups in total. The standard InChI is InChI=1S/C18H18BrN5O2/c1-25-16-8-4-7-13(17(16)26-2)15-10-14(11-5-3-6-12(19)9-11)20-18-21-22-23-24(15)18/h3-9,14-15H,10H2,1-2H3,(H,20,21,23). The summed E-state index contributed by atoms with van der Waals surface area (Å²) in [6.07, 6.45) is 0.776. The molecule has 1 aliphatic rings. The molecule has 2 heterocycles. The van der Waals surface area contributed by atoms with Crippen LogP contribution in [0.2, 0.25) is 0 Å². The first-order valence-electron chi connectivity index (χ1n) is 8.22. The summed E-state index contributed by atoms with van der Waals surface area (Å²) >= 11 is 3.54. The number of tetrazole rings is 1. The van der Waals surface area contributed by atoms with Gasteiger partial charge in [-0.15, -0.1) is 0 Å². The van der Waals surface area contributed by atoms with E-state index in [0.717, 1.165) is 16.5 Å². The average molecular weight is 416 g/mol. The summed E-state index contributed by atoms with van der Waals surface area (Å²) in [6.45, 7) is 0. The van der Waals surface area contributed by atoms with E-state index in [-0.39, 0.29) is 12.1 Å². The Balaban J connectivity index is 1.79. The van der Waals surface area contributed by atoms with Crippen LogP contribution in [0.3, 0.4) is 0 Å². The minimum Gasteiger partial charge on any atom is -0.493 e. The molecule has 26 heavy (non-hydrogen) atoms. The maximum atomic E-state index is 5.64. The van der Waals surface area contributed by atoms with E-state index in [0.29, 0.717) is 17.4 Å². The third-order valence-corrected chi connectivity index (χ3v) is 5.09. The molecule has 134 valence electrons. The van der Waals surface area contributed by atoms with Crippen molar-refractivity contribution in [2.75, 3.05) is 19.5 Å². The molecule has 2 atom stereocenters. The number of hydrogen-bond donors (Lipinski definition) is 1. The van der Waals surface area contributed by atoms with Crippen LogP contribution in [0.5, 0.6) is 11.5 Å². The van der Waals surface area contributed by atoms with Crippen molar-refractivity contribution in [1.82, 2.24) is 20.2 Å². The second-order valence-electron chi connectivity index (χ2n) is 6.03. The number of nitrogens with zero attached hydrogens (tertiary/aromatic N) is 4. The summed E-state index contributed by atoms with van der Waals surface area (Å²) in [6, 6.07) is 14.1. The summed E-state index contributed by atoms with van der Waals surface area (Å²) in [5.41, 5.74) is 2.15. The van der Waals surface area contributed by atoms with Gasteiger partial charge in [0.15, 0.2) is 11.5 Å². The number of rotatable bonds is 4. The lowest BCUT2D eigenvalue weighted by Crippen LogP contribution is -2.28. The number of benzene rings is 2. The normalized spacial score (nSPS) is 18.7. The SMILES string of the molecule is COc1cccc(C2CC(c3cccc(Br)c3)Nc3nnnn32)c1OC. The Morgan fingerprint density at radius 1 is 1.15 bits per heavy atom. The van der Waals surface area contributed by atoms with E-state index in [4.69, 9.17) is 9.47 Å². The van der Waals surface area contributed by atoms with E-state index < -0.39 is 0 Å². The second kappa shape index (κ2) is 6.95. The van der Waals surface area contributed by atoms with Crippen molar-refractivity contribution in [3.05, 3.63) is 58.1 Å². The lowest BCUT2D eigenvalue weighted by atomic mass is 9.92. The molecule has 0 saturated heterocycles. The van der Waals surface area contributed by atoms with Gasteiger partial charge in [0.05, 0.1) is 26.3 Å². The van der Waals surface area contributed by atoms with Crippen LogP contribution in [0.1, 0.15) is 29.6 Å². The molecule has 0 amide bonds. The molecular formula is C18H18BrN5O2. The third kappa shape index (κ3) is 2.90. The van der Waals surface area contributed by atoms with E-state index in [1.54, 1.807) is 18.9 Å². The van der Waals surface area contributed by atoms with E-state index in [1.165, 1.54) is 5.56 Å². The zero-order chi connectivity index (χ0) is 18.1. The Kier molecular flexibility index (Phi) is 4.50. The van der Waals surface area contributed by atoms with Gasteiger partial charge in [-0.1, -0.05) is 45.3 Å². The number of hydrogen-bond acceptors (Lipinski definition) is 6. The number of para-hydroxylation sites is 1. The van der Waals surface area contributed by atoms with Crippen molar-refractivity contribution < 1.29 is 9.47 Å². The number of halogens is 1. The number of nitrogens with one attached hydrogen (secondary N) is 1. The van der Waals surface area contributed by atoms with Gasteiger partial charge in [-0.25, -0.2) is 4.68 Å². The van der Waals surface area contributed by atoms with Crippen molar-refractivity contribution in [2.45, 2.75) is 18.5 Å². The van der Waals surface area contributed by atoms with Gasteiger partial charge in [0.25, 0.3) is 0 Å². The van der Waals surface area contributed by atoms with Gasteiger partial charge in [0.1, 0.15) is 0 Å². The summed E-state index contributed by atoms with van der Waals surface area (Å²) in [5, 5.41) is 15.6. The molecule has 0 fully saturated rings. The topological polar surface area (TPSA) is 74.1 Å². The molecule has 0 radical (unpaired) electrons. The monoisotopic (exact) mass is 415 g/mol. The third-order valence-electron chi connectivity index (χ3n) is 4.59. The quantitative estimate of drug-likeness (QED) is 0.701. The molecule has 4 rings (SSSR count). The second-order valence-corrected chi connectivity index (χ2v) is 6.95. The maximum absolute atomic E-state index is 5.64. The van der Waals surface area contributed by atoms with Crippen molar-refractivity contribution >= 4 is 21.9 Å². The molecule has 0 spiro atoms. The first-order chi connectivity index (χ1) is 12.7.